The molecule has 0 saturated carbocycles. The van der Waals surface area contributed by atoms with E-state index in [0.29, 0.717) is 28.3 Å². The average Bonchev–Trinajstić information content (AvgIpc) is 2.82. The lowest BCUT2D eigenvalue weighted by Gasteiger charge is -2.16. The predicted molar refractivity (Wildman–Crippen MR) is 138 cm³/mol. The van der Waals surface area contributed by atoms with E-state index < -0.39 is 10.0 Å². The van der Waals surface area contributed by atoms with E-state index in [1.807, 2.05) is 31.1 Å². The summed E-state index contributed by atoms with van der Waals surface area (Å²) in [5.74, 6) is 1.15. The molecule has 0 aliphatic carbocycles. The van der Waals surface area contributed by atoms with Gasteiger partial charge in [0.15, 0.2) is 0 Å². The number of hydrogen-bond donors (Lipinski definition) is 2. The minimum Gasteiger partial charge on any atom is -0.497 e. The van der Waals surface area contributed by atoms with Crippen LogP contribution >= 0.6 is 0 Å². The molecule has 0 radical (unpaired) electrons. The Labute approximate surface area is 205 Å². The van der Waals surface area contributed by atoms with Crippen LogP contribution in [0.15, 0.2) is 60.7 Å². The van der Waals surface area contributed by atoms with E-state index in [9.17, 15) is 13.2 Å². The Morgan fingerprint density at radius 2 is 1.63 bits per heavy atom. The van der Waals surface area contributed by atoms with Gasteiger partial charge in [-0.15, -0.1) is 0 Å². The summed E-state index contributed by atoms with van der Waals surface area (Å²) < 4.78 is 42.8. The van der Waals surface area contributed by atoms with E-state index in [0.717, 1.165) is 11.9 Å². The van der Waals surface area contributed by atoms with Crippen molar-refractivity contribution in [1.29, 1.82) is 0 Å². The number of nitrogens with zero attached hydrogens (tertiary/aromatic N) is 1. The lowest BCUT2D eigenvalue weighted by molar-refractivity contribution is 0.102. The number of carbonyl (C=O) groups is 1. The fraction of sp³-hybridized carbons (Fsp3) is 0.240. The van der Waals surface area contributed by atoms with E-state index in [1.54, 1.807) is 56.7 Å². The molecule has 35 heavy (non-hydrogen) atoms. The fourth-order valence-corrected chi connectivity index (χ4v) is 3.84. The van der Waals surface area contributed by atoms with E-state index in [2.05, 4.69) is 10.0 Å². The van der Waals surface area contributed by atoms with Gasteiger partial charge in [-0.1, -0.05) is 0 Å². The van der Waals surface area contributed by atoms with Gasteiger partial charge in [-0.2, -0.15) is 0 Å². The molecule has 3 aromatic carbocycles. The second-order valence-corrected chi connectivity index (χ2v) is 9.70. The number of benzene rings is 3. The van der Waals surface area contributed by atoms with Crippen LogP contribution in [-0.2, 0) is 16.6 Å². The molecule has 0 aromatic heterocycles. The Bertz CT molecular complexity index is 1290. The first-order valence-electron chi connectivity index (χ1n) is 10.6. The number of sulfonamides is 1. The van der Waals surface area contributed by atoms with Crippen LogP contribution in [0.1, 0.15) is 15.9 Å². The Balaban J connectivity index is 1.85. The molecule has 0 unspecified atom stereocenters. The largest absolute Gasteiger partial charge is 0.497 e. The quantitative estimate of drug-likeness (QED) is 0.435. The summed E-state index contributed by atoms with van der Waals surface area (Å²) in [4.78, 5) is 14.7. The third kappa shape index (κ3) is 7.03. The van der Waals surface area contributed by atoms with Crippen molar-refractivity contribution in [1.82, 2.24) is 0 Å². The summed E-state index contributed by atoms with van der Waals surface area (Å²) in [7, 11) is 3.38. The van der Waals surface area contributed by atoms with Gasteiger partial charge in [-0.05, 0) is 54.6 Å². The zero-order chi connectivity index (χ0) is 25.6. The van der Waals surface area contributed by atoms with Gasteiger partial charge in [0.2, 0.25) is 10.0 Å². The highest BCUT2D eigenvalue weighted by molar-refractivity contribution is 7.92. The molecule has 0 bridgehead atoms. The molecule has 0 spiro atoms. The summed E-state index contributed by atoms with van der Waals surface area (Å²) in [6.07, 6.45) is 1.05. The molecular formula is C25H29N3O6S. The van der Waals surface area contributed by atoms with E-state index in [4.69, 9.17) is 14.2 Å². The van der Waals surface area contributed by atoms with Crippen molar-refractivity contribution in [2.24, 2.45) is 0 Å². The van der Waals surface area contributed by atoms with Crippen molar-refractivity contribution in [3.63, 3.8) is 0 Å². The van der Waals surface area contributed by atoms with Gasteiger partial charge in [-0.25, -0.2) is 8.42 Å². The molecule has 1 amide bonds. The van der Waals surface area contributed by atoms with Gasteiger partial charge in [0, 0.05) is 42.7 Å². The maximum absolute atomic E-state index is 12.7. The highest BCUT2D eigenvalue weighted by Gasteiger charge is 2.14. The van der Waals surface area contributed by atoms with Gasteiger partial charge in [0.25, 0.3) is 5.91 Å². The first kappa shape index (κ1) is 25.7. The maximum Gasteiger partial charge on any atom is 0.255 e. The summed E-state index contributed by atoms with van der Waals surface area (Å²) >= 11 is 0. The fourth-order valence-electron chi connectivity index (χ4n) is 3.27. The normalized spacial score (nSPS) is 10.9. The second kappa shape index (κ2) is 11.0. The topological polar surface area (TPSA) is 106 Å². The molecule has 0 heterocycles. The van der Waals surface area contributed by atoms with Crippen molar-refractivity contribution in [3.05, 3.63) is 71.8 Å². The van der Waals surface area contributed by atoms with E-state index >= 15 is 0 Å². The van der Waals surface area contributed by atoms with Crippen molar-refractivity contribution in [3.8, 4) is 17.2 Å². The Morgan fingerprint density at radius 3 is 2.23 bits per heavy atom. The number of hydrogen-bond acceptors (Lipinski definition) is 7. The molecule has 3 rings (SSSR count). The van der Waals surface area contributed by atoms with Crippen molar-refractivity contribution in [2.75, 3.05) is 49.5 Å². The first-order valence-corrected chi connectivity index (χ1v) is 12.5. The minimum absolute atomic E-state index is 0.0716. The average molecular weight is 500 g/mol. The van der Waals surface area contributed by atoms with Crippen molar-refractivity contribution < 1.29 is 27.4 Å². The zero-order valence-electron chi connectivity index (χ0n) is 20.3. The van der Waals surface area contributed by atoms with Gasteiger partial charge in [0.1, 0.15) is 23.9 Å². The summed E-state index contributed by atoms with van der Waals surface area (Å²) in [5, 5.41) is 2.82. The number of amides is 1. The van der Waals surface area contributed by atoms with Crippen LogP contribution in [0, 0.1) is 0 Å². The molecule has 0 aliphatic heterocycles. The van der Waals surface area contributed by atoms with Crippen LogP contribution in [0.2, 0.25) is 0 Å². The highest BCUT2D eigenvalue weighted by Crippen LogP contribution is 2.32. The van der Waals surface area contributed by atoms with Crippen molar-refractivity contribution in [2.45, 2.75) is 6.61 Å². The Morgan fingerprint density at radius 1 is 0.914 bits per heavy atom. The van der Waals surface area contributed by atoms with E-state index in [-0.39, 0.29) is 24.0 Å². The zero-order valence-corrected chi connectivity index (χ0v) is 21.1. The molecule has 10 heteroatoms. The molecule has 0 aliphatic rings. The Hall–Kier alpha value is -3.92. The summed E-state index contributed by atoms with van der Waals surface area (Å²) in [6.45, 7) is 0.0716. The number of carbonyl (C=O) groups excluding carboxylic acids is 1. The second-order valence-electron chi connectivity index (χ2n) is 7.95. The smallest absolute Gasteiger partial charge is 0.255 e. The predicted octanol–water partition coefficient (Wildman–Crippen LogP) is 3.97. The molecular weight excluding hydrogens is 470 g/mol. The molecule has 0 saturated heterocycles. The highest BCUT2D eigenvalue weighted by atomic mass is 32.2. The number of methoxy groups -OCH3 is 2. The van der Waals surface area contributed by atoms with Crippen molar-refractivity contribution >= 4 is 33.0 Å². The number of rotatable bonds is 10. The third-order valence-electron chi connectivity index (χ3n) is 5.05. The van der Waals surface area contributed by atoms with Crippen LogP contribution in [0.25, 0.3) is 0 Å². The molecule has 3 aromatic rings. The van der Waals surface area contributed by atoms with Gasteiger partial charge < -0.3 is 24.4 Å². The van der Waals surface area contributed by atoms with Gasteiger partial charge in [0.05, 0.1) is 26.2 Å². The standard InChI is InChI=1S/C25H29N3O6S/c1-28(2)20-9-6-17(7-10-20)25(29)26-19-8-12-22(27-35(5,30)31)24(15-19)34-16-18-14-21(32-3)11-13-23(18)33-4/h6-15,27H,16H2,1-5H3,(H,26,29). The molecule has 9 nitrogen and oxygen atoms in total. The van der Waals surface area contributed by atoms with E-state index in [1.165, 1.54) is 6.07 Å². The van der Waals surface area contributed by atoms with Gasteiger partial charge in [-0.3, -0.25) is 9.52 Å². The first-order chi connectivity index (χ1) is 16.6. The Kier molecular flexibility index (Phi) is 8.08. The molecule has 0 fully saturated rings. The van der Waals surface area contributed by atoms with Crippen LogP contribution < -0.4 is 29.1 Å². The SMILES string of the molecule is COc1ccc(OC)c(COc2cc(NC(=O)c3ccc(N(C)C)cc3)ccc2NS(C)(=O)=O)c1. The van der Waals surface area contributed by atoms with Crippen LogP contribution in [0.5, 0.6) is 17.2 Å². The molecule has 0 atom stereocenters. The lowest BCUT2D eigenvalue weighted by Crippen LogP contribution is -2.14. The number of nitrogens with one attached hydrogen (secondary N) is 2. The molecule has 2 N–H and O–H groups in total. The summed E-state index contributed by atoms with van der Waals surface area (Å²) in [5.41, 5.74) is 2.84. The number of ether oxygens (including phenoxy) is 3. The summed E-state index contributed by atoms with van der Waals surface area (Å²) in [6, 6.07) is 17.1. The molecule has 186 valence electrons. The third-order valence-corrected chi connectivity index (χ3v) is 5.64. The maximum atomic E-state index is 12.7. The monoisotopic (exact) mass is 499 g/mol. The van der Waals surface area contributed by atoms with Crippen LogP contribution in [0.4, 0.5) is 17.1 Å². The van der Waals surface area contributed by atoms with Crippen LogP contribution in [-0.4, -0.2) is 48.9 Å². The lowest BCUT2D eigenvalue weighted by atomic mass is 10.1. The van der Waals surface area contributed by atoms with Gasteiger partial charge >= 0.3 is 0 Å². The number of anilines is 3. The minimum atomic E-state index is -3.56. The van der Waals surface area contributed by atoms with Crippen LogP contribution in [0.3, 0.4) is 0 Å².